The number of aromatic nitrogens is 5. The molecule has 12 heteroatoms. The molecular formula is C54H60N10S2. The zero-order chi connectivity index (χ0) is 47.4. The standard InChI is InChI=1S/C54H60N10S2/c1-15-36-25-31(7)34(10)38(17-3)47(36)59-50-46(60-61-51-40(28-55)49(54(12,13)14)62-64(51)53-57-42-22-20-30(6)24-44(42)66-53)33(9)27-45(58-50)63(52-56-41-21-19-29(5)23-43(41)65-52)48-37(16-2)26-32(8)35(11)39(48)18-4/h19-27H,15-18H2,1-14H3,(H,58,59). The quantitative estimate of drug-likeness (QED) is 0.121. The molecule has 0 aliphatic carbocycles. The van der Waals surface area contributed by atoms with Crippen LogP contribution in [0.3, 0.4) is 0 Å². The van der Waals surface area contributed by atoms with Crippen LogP contribution in [-0.4, -0.2) is 24.7 Å². The van der Waals surface area contributed by atoms with E-state index in [-0.39, 0.29) is 0 Å². The first kappa shape index (κ1) is 46.2. The molecule has 0 atom stereocenters. The Labute approximate surface area is 397 Å². The summed E-state index contributed by atoms with van der Waals surface area (Å²) in [5.41, 5.74) is 18.2. The molecule has 4 heterocycles. The van der Waals surface area contributed by atoms with Crippen molar-refractivity contribution in [3.63, 3.8) is 0 Å². The molecular weight excluding hydrogens is 853 g/mol. The van der Waals surface area contributed by atoms with Gasteiger partial charge in [-0.1, -0.05) is 95.4 Å². The van der Waals surface area contributed by atoms with E-state index in [1.54, 1.807) is 16.0 Å². The number of nitrogens with zero attached hydrogens (tertiary/aromatic N) is 9. The number of hydrogen-bond acceptors (Lipinski definition) is 11. The minimum Gasteiger partial charge on any atom is -0.338 e. The minimum atomic E-state index is -0.456. The Balaban J connectivity index is 1.42. The Morgan fingerprint density at radius 3 is 1.91 bits per heavy atom. The van der Waals surface area contributed by atoms with Crippen LogP contribution in [0.5, 0.6) is 0 Å². The molecule has 0 bridgehead atoms. The smallest absolute Gasteiger partial charge is 0.213 e. The molecule has 0 amide bonds. The van der Waals surface area contributed by atoms with Gasteiger partial charge in [0.1, 0.15) is 23.1 Å². The molecule has 0 aliphatic heterocycles. The Hall–Kier alpha value is -6.29. The number of azo groups is 1. The number of nitriles is 1. The van der Waals surface area contributed by atoms with Gasteiger partial charge in [0, 0.05) is 11.1 Å². The SMILES string of the molecule is CCc1cc(C)c(C)c(CC)c1Nc1nc(N(c2nc3ccc(C)cc3s2)c2c(CC)cc(C)c(C)c2CC)cc(C)c1N=Nc1c(C#N)c(C(C)(C)C)nn1-c1nc2ccc(C)cc2s1. The van der Waals surface area contributed by atoms with Crippen molar-refractivity contribution in [3.8, 4) is 11.2 Å². The van der Waals surface area contributed by atoms with Gasteiger partial charge in [-0.2, -0.15) is 15.0 Å². The highest BCUT2D eigenvalue weighted by Gasteiger charge is 2.31. The molecule has 0 fully saturated rings. The fourth-order valence-corrected chi connectivity index (χ4v) is 11.1. The topological polar surface area (TPSA) is 120 Å². The summed E-state index contributed by atoms with van der Waals surface area (Å²) in [6.45, 7) is 30.1. The fourth-order valence-electron chi connectivity index (χ4n) is 8.95. The Morgan fingerprint density at radius 2 is 1.30 bits per heavy atom. The third-order valence-electron chi connectivity index (χ3n) is 12.8. The van der Waals surface area contributed by atoms with Crippen molar-refractivity contribution >= 4 is 82.8 Å². The van der Waals surface area contributed by atoms with Crippen molar-refractivity contribution in [2.24, 2.45) is 10.2 Å². The normalized spacial score (nSPS) is 12.0. The molecule has 0 saturated heterocycles. The summed E-state index contributed by atoms with van der Waals surface area (Å²) in [7, 11) is 0. The summed E-state index contributed by atoms with van der Waals surface area (Å²) in [6, 6.07) is 21.8. The number of nitrogens with one attached hydrogen (secondary N) is 1. The number of hydrogen-bond donors (Lipinski definition) is 1. The molecule has 4 aromatic carbocycles. The Bertz CT molecular complexity index is 3260. The van der Waals surface area contributed by atoms with Crippen molar-refractivity contribution in [1.82, 2.24) is 24.7 Å². The predicted octanol–water partition coefficient (Wildman–Crippen LogP) is 15.7. The van der Waals surface area contributed by atoms with Gasteiger partial charge < -0.3 is 5.32 Å². The van der Waals surface area contributed by atoms with E-state index < -0.39 is 5.41 Å². The number of thiazole rings is 2. The molecule has 4 aromatic heterocycles. The van der Waals surface area contributed by atoms with Crippen LogP contribution in [0.15, 0.2) is 64.8 Å². The van der Waals surface area contributed by atoms with Crippen LogP contribution in [-0.2, 0) is 31.1 Å². The summed E-state index contributed by atoms with van der Waals surface area (Å²) in [5.74, 6) is 1.60. The molecule has 0 unspecified atom stereocenters. The van der Waals surface area contributed by atoms with Crippen molar-refractivity contribution in [2.45, 2.75) is 128 Å². The van der Waals surface area contributed by atoms with E-state index in [9.17, 15) is 5.26 Å². The molecule has 0 radical (unpaired) electrons. The second kappa shape index (κ2) is 18.2. The number of rotatable bonds is 12. The molecule has 8 rings (SSSR count). The van der Waals surface area contributed by atoms with Crippen LogP contribution in [0.2, 0.25) is 0 Å². The molecule has 0 saturated carbocycles. The van der Waals surface area contributed by atoms with Gasteiger partial charge in [-0.15, -0.1) is 10.2 Å². The molecule has 66 heavy (non-hydrogen) atoms. The van der Waals surface area contributed by atoms with Gasteiger partial charge in [-0.05, 0) is 166 Å². The van der Waals surface area contributed by atoms with Crippen molar-refractivity contribution in [1.29, 1.82) is 5.26 Å². The maximum absolute atomic E-state index is 10.8. The second-order valence-corrected chi connectivity index (χ2v) is 20.5. The summed E-state index contributed by atoms with van der Waals surface area (Å²) in [6.07, 6.45) is 3.34. The highest BCUT2D eigenvalue weighted by Crippen LogP contribution is 2.47. The lowest BCUT2D eigenvalue weighted by Gasteiger charge is -2.29. The number of benzene rings is 4. The minimum absolute atomic E-state index is 0.323. The van der Waals surface area contributed by atoms with Crippen molar-refractivity contribution < 1.29 is 0 Å². The highest BCUT2D eigenvalue weighted by molar-refractivity contribution is 7.22. The third kappa shape index (κ3) is 8.39. The number of aryl methyl sites for hydroxylation is 7. The van der Waals surface area contributed by atoms with Crippen molar-refractivity contribution in [3.05, 3.63) is 127 Å². The lowest BCUT2D eigenvalue weighted by molar-refractivity contribution is 0.559. The van der Waals surface area contributed by atoms with Crippen LogP contribution in [0.4, 0.5) is 39.6 Å². The predicted molar refractivity (Wildman–Crippen MR) is 277 cm³/mol. The maximum atomic E-state index is 10.8. The zero-order valence-corrected chi connectivity index (χ0v) is 42.5. The van der Waals surface area contributed by atoms with Crippen LogP contribution < -0.4 is 10.2 Å². The number of fused-ring (bicyclic) bond motifs is 2. The van der Waals surface area contributed by atoms with Gasteiger partial charge in [0.2, 0.25) is 5.13 Å². The van der Waals surface area contributed by atoms with Gasteiger partial charge in [-0.3, -0.25) is 4.90 Å². The number of pyridine rings is 1. The summed E-state index contributed by atoms with van der Waals surface area (Å²) in [5, 5.41) is 31.3. The van der Waals surface area contributed by atoms with Gasteiger partial charge in [0.05, 0.1) is 31.8 Å². The monoisotopic (exact) mass is 912 g/mol. The van der Waals surface area contributed by atoms with Gasteiger partial charge in [0.15, 0.2) is 16.8 Å². The average Bonchev–Trinajstić information content (AvgIpc) is 4.00. The van der Waals surface area contributed by atoms with Crippen molar-refractivity contribution in [2.75, 3.05) is 10.2 Å². The first-order valence-corrected chi connectivity index (χ1v) is 24.7. The van der Waals surface area contributed by atoms with E-state index in [0.717, 1.165) is 79.6 Å². The van der Waals surface area contributed by atoms with Crippen LogP contribution in [0.1, 0.15) is 121 Å². The molecule has 338 valence electrons. The average molecular weight is 913 g/mol. The lowest BCUT2D eigenvalue weighted by atomic mass is 9.90. The second-order valence-electron chi connectivity index (χ2n) is 18.5. The zero-order valence-electron chi connectivity index (χ0n) is 40.9. The molecule has 0 spiro atoms. The summed E-state index contributed by atoms with van der Waals surface area (Å²) >= 11 is 3.19. The molecule has 10 nitrogen and oxygen atoms in total. The molecule has 0 aliphatic rings. The first-order valence-electron chi connectivity index (χ1n) is 23.0. The Kier molecular flexibility index (Phi) is 12.7. The largest absolute Gasteiger partial charge is 0.338 e. The van der Waals surface area contributed by atoms with Crippen LogP contribution in [0.25, 0.3) is 25.6 Å². The van der Waals surface area contributed by atoms with E-state index in [4.69, 9.17) is 30.3 Å². The number of anilines is 5. The summed E-state index contributed by atoms with van der Waals surface area (Å²) < 4.78 is 3.84. The van der Waals surface area contributed by atoms with Gasteiger partial charge in [-0.25, -0.2) is 15.0 Å². The fraction of sp³-hybridized carbons (Fsp3) is 0.352. The van der Waals surface area contributed by atoms with Gasteiger partial charge in [0.25, 0.3) is 0 Å². The highest BCUT2D eigenvalue weighted by atomic mass is 32.1. The third-order valence-corrected chi connectivity index (χ3v) is 14.8. The Morgan fingerprint density at radius 1 is 0.697 bits per heavy atom. The molecule has 8 aromatic rings. The summed E-state index contributed by atoms with van der Waals surface area (Å²) in [4.78, 5) is 18.2. The maximum Gasteiger partial charge on any atom is 0.213 e. The van der Waals surface area contributed by atoms with E-state index in [1.165, 1.54) is 61.4 Å². The van der Waals surface area contributed by atoms with Crippen LogP contribution in [0, 0.1) is 59.8 Å². The lowest BCUT2D eigenvalue weighted by Crippen LogP contribution is -2.18. The van der Waals surface area contributed by atoms with E-state index in [0.29, 0.717) is 33.7 Å². The van der Waals surface area contributed by atoms with E-state index in [2.05, 4.69) is 162 Å². The van der Waals surface area contributed by atoms with Gasteiger partial charge >= 0.3 is 0 Å². The van der Waals surface area contributed by atoms with E-state index in [1.807, 2.05) is 6.07 Å². The first-order chi connectivity index (χ1) is 31.5. The van der Waals surface area contributed by atoms with Crippen LogP contribution >= 0.6 is 22.7 Å². The van der Waals surface area contributed by atoms with E-state index >= 15 is 0 Å². The molecule has 1 N–H and O–H groups in total.